The van der Waals surface area contributed by atoms with Crippen molar-refractivity contribution in [1.29, 1.82) is 0 Å². The van der Waals surface area contributed by atoms with Crippen LogP contribution in [-0.2, 0) is 21.1 Å². The summed E-state index contributed by atoms with van der Waals surface area (Å²) in [7, 11) is 0. The van der Waals surface area contributed by atoms with Crippen LogP contribution in [0.5, 0.6) is 11.5 Å². The van der Waals surface area contributed by atoms with Crippen LogP contribution in [-0.4, -0.2) is 9.38 Å². The molecule has 5 nitrogen and oxygen atoms in total. The zero-order valence-electron chi connectivity index (χ0n) is 44.3. The summed E-state index contributed by atoms with van der Waals surface area (Å²) in [6.45, 7) is 6.78. The second kappa shape index (κ2) is 19.4. The third-order valence-corrected chi connectivity index (χ3v) is 16.4. The predicted molar refractivity (Wildman–Crippen MR) is 332 cm³/mol. The van der Waals surface area contributed by atoms with Crippen molar-refractivity contribution in [1.82, 2.24) is 9.38 Å². The van der Waals surface area contributed by atoms with Crippen molar-refractivity contribution in [2.24, 2.45) is 0 Å². The number of rotatable bonds is 7. The average Bonchev–Trinajstić information content (AvgIpc) is 4.18. The topological polar surface area (TPSA) is 33.0 Å². The van der Waals surface area contributed by atoms with Crippen molar-refractivity contribution in [2.75, 3.05) is 9.80 Å². The molecule has 0 bridgehead atoms. The third-order valence-electron chi connectivity index (χ3n) is 16.4. The van der Waals surface area contributed by atoms with Gasteiger partial charge in [-0.2, -0.15) is 12.1 Å². The molecular formula is C75H49N4OPt-3. The molecule has 14 aromatic rings. The minimum Gasteiger partial charge on any atom is -0.509 e. The molecule has 0 unspecified atom stereocenters. The number of pyridine rings is 1. The summed E-state index contributed by atoms with van der Waals surface area (Å²) in [6, 6.07) is 95.2. The van der Waals surface area contributed by atoms with Gasteiger partial charge in [-0.15, -0.1) is 41.9 Å². The van der Waals surface area contributed by atoms with Gasteiger partial charge in [0.1, 0.15) is 5.65 Å². The van der Waals surface area contributed by atoms with Gasteiger partial charge >= 0.3 is 0 Å². The molecule has 0 aliphatic carbocycles. The molecule has 3 aromatic heterocycles. The molecule has 2 aliphatic rings. The van der Waals surface area contributed by atoms with Gasteiger partial charge in [0, 0.05) is 88.8 Å². The van der Waals surface area contributed by atoms with E-state index in [1.807, 2.05) is 18.3 Å². The van der Waals surface area contributed by atoms with Gasteiger partial charge in [-0.3, -0.25) is 0 Å². The number of ether oxygens (including phenoxy) is 1. The average molecular weight is 1220 g/mol. The smallest absolute Gasteiger partial charge is 0.143 e. The molecule has 2 aliphatic heterocycles. The Morgan fingerprint density at radius 3 is 1.75 bits per heavy atom. The Bertz CT molecular complexity index is 4840. The first-order chi connectivity index (χ1) is 39.5. The van der Waals surface area contributed by atoms with Crippen molar-refractivity contribution in [2.45, 2.75) is 19.8 Å². The van der Waals surface area contributed by atoms with E-state index in [2.05, 4.69) is 277 Å². The van der Waals surface area contributed by atoms with Gasteiger partial charge < -0.3 is 18.9 Å². The van der Waals surface area contributed by atoms with Gasteiger partial charge in [0.25, 0.3) is 0 Å². The van der Waals surface area contributed by atoms with Gasteiger partial charge in [0.2, 0.25) is 0 Å². The maximum absolute atomic E-state index is 7.06. The minimum absolute atomic E-state index is 0. The molecule has 0 N–H and O–H groups in total. The van der Waals surface area contributed by atoms with Crippen molar-refractivity contribution < 1.29 is 25.8 Å². The Morgan fingerprint density at radius 1 is 0.420 bits per heavy atom. The van der Waals surface area contributed by atoms with E-state index in [0.29, 0.717) is 17.4 Å². The van der Waals surface area contributed by atoms with Crippen LogP contribution in [0.4, 0.5) is 22.7 Å². The second-order valence-electron chi connectivity index (χ2n) is 21.2. The molecule has 16 rings (SSSR count). The molecule has 0 saturated heterocycles. The molecule has 5 heterocycles. The summed E-state index contributed by atoms with van der Waals surface area (Å²) in [4.78, 5) is 9.97. The number of hydrogen-bond donors (Lipinski definition) is 0. The van der Waals surface area contributed by atoms with Crippen LogP contribution in [0, 0.1) is 18.8 Å². The van der Waals surface area contributed by atoms with Crippen molar-refractivity contribution in [3.63, 3.8) is 0 Å². The SMILES string of the molecule is CC(C)c1cccc(-c2cccc3c4cccc5c6ccc(Oc7[c-]c8c(cc7)-c7ccccc7-c7cccc9c7N8[CH-]N9c7c(-c8ccccc8)cccc7-c7ccccc7)[c-]c6n(c6ncccc6c6ccccc6c23)c45)c1.[Pt]. The number of aromatic nitrogens is 2. The minimum atomic E-state index is 0. The van der Waals surface area contributed by atoms with Crippen LogP contribution in [0.3, 0.4) is 0 Å². The number of nitrogens with zero attached hydrogens (tertiary/aromatic N) is 4. The molecule has 0 fully saturated rings. The standard InChI is InChI=1S/C75H49N4O.Pt/c1-47(2)50-23-13-24-51(43-50)54-29-14-32-63-66-34-16-33-65-61-41-39-53(45-70(61)79(73(65)66)75-67(36-18-42-76-75)59-27-11-12-28-62(59)71(54)63)80-52-38-40-60-57-25-9-10-26-58(57)64-35-17-37-68-74(64)78(69(60)44-52)46-77(68)72-55(48-19-5-3-6-20-48)30-15-31-56(72)49-21-7-4-8-22-49;/h3-43,46-47H,1-2H3;/q-3;. The number of anilines is 4. The van der Waals surface area contributed by atoms with E-state index in [1.54, 1.807) is 0 Å². The summed E-state index contributed by atoms with van der Waals surface area (Å²) >= 11 is 0. The van der Waals surface area contributed by atoms with Gasteiger partial charge in [0.15, 0.2) is 0 Å². The first-order valence-corrected chi connectivity index (χ1v) is 27.5. The van der Waals surface area contributed by atoms with Crippen LogP contribution in [0.15, 0.2) is 249 Å². The normalized spacial score (nSPS) is 12.5. The van der Waals surface area contributed by atoms with E-state index in [9.17, 15) is 0 Å². The fraction of sp³-hybridized carbons (Fsp3) is 0.0400. The Morgan fingerprint density at radius 2 is 0.975 bits per heavy atom. The molecule has 388 valence electrons. The van der Waals surface area contributed by atoms with E-state index in [1.165, 1.54) is 22.1 Å². The van der Waals surface area contributed by atoms with E-state index in [0.717, 1.165) is 122 Å². The summed E-state index contributed by atoms with van der Waals surface area (Å²) in [6.07, 6.45) is 1.90. The number of hydrogen-bond acceptors (Lipinski definition) is 4. The Kier molecular flexibility index (Phi) is 11.6. The van der Waals surface area contributed by atoms with Gasteiger partial charge in [-0.1, -0.05) is 231 Å². The van der Waals surface area contributed by atoms with Gasteiger partial charge in [0.05, 0.1) is 0 Å². The summed E-state index contributed by atoms with van der Waals surface area (Å²) < 4.78 is 9.38. The Labute approximate surface area is 484 Å². The Balaban J connectivity index is 0.00000564. The third kappa shape index (κ3) is 7.67. The van der Waals surface area contributed by atoms with Gasteiger partial charge in [-0.25, -0.2) is 4.98 Å². The van der Waals surface area contributed by atoms with Crippen LogP contribution in [0.1, 0.15) is 25.3 Å². The zero-order chi connectivity index (χ0) is 53.0. The van der Waals surface area contributed by atoms with E-state index >= 15 is 0 Å². The van der Waals surface area contributed by atoms with Crippen molar-refractivity contribution >= 4 is 82.5 Å². The predicted octanol–water partition coefficient (Wildman–Crippen LogP) is 20.2. The van der Waals surface area contributed by atoms with E-state index < -0.39 is 0 Å². The summed E-state index contributed by atoms with van der Waals surface area (Å²) in [5.41, 5.74) is 19.7. The van der Waals surface area contributed by atoms with Crippen molar-refractivity contribution in [3.8, 4) is 67.1 Å². The summed E-state index contributed by atoms with van der Waals surface area (Å²) in [5.74, 6) is 1.55. The fourth-order valence-corrected chi connectivity index (χ4v) is 12.8. The number of benzene rings is 11. The van der Waals surface area contributed by atoms with Crippen LogP contribution in [0.2, 0.25) is 0 Å². The molecule has 11 aromatic carbocycles. The van der Waals surface area contributed by atoms with Crippen molar-refractivity contribution in [3.05, 3.63) is 273 Å². The van der Waals surface area contributed by atoms with Crippen LogP contribution >= 0.6 is 0 Å². The second-order valence-corrected chi connectivity index (χ2v) is 21.2. The maximum atomic E-state index is 7.06. The largest absolute Gasteiger partial charge is 0.509 e. The Hall–Kier alpha value is -9.54. The molecule has 0 atom stereocenters. The van der Waals surface area contributed by atoms with E-state index in [-0.39, 0.29) is 21.1 Å². The first kappa shape index (κ1) is 48.6. The molecular weight excluding hydrogens is 1170 g/mol. The molecule has 6 heteroatoms. The molecule has 0 saturated carbocycles. The molecule has 0 amide bonds. The van der Waals surface area contributed by atoms with Crippen LogP contribution in [0.25, 0.3) is 115 Å². The first-order valence-electron chi connectivity index (χ1n) is 27.5. The number of fused-ring (bicyclic) bond motifs is 15. The van der Waals surface area contributed by atoms with E-state index in [4.69, 9.17) is 9.72 Å². The van der Waals surface area contributed by atoms with Gasteiger partial charge in [-0.05, 0) is 84.4 Å². The molecule has 0 spiro atoms. The fourth-order valence-electron chi connectivity index (χ4n) is 12.8. The monoisotopic (exact) mass is 1220 g/mol. The number of para-hydroxylation sites is 3. The summed E-state index contributed by atoms with van der Waals surface area (Å²) in [5, 5.41) is 8.96. The maximum Gasteiger partial charge on any atom is 0.143 e. The molecule has 0 radical (unpaired) electrons. The zero-order valence-corrected chi connectivity index (χ0v) is 46.6. The quantitative estimate of drug-likeness (QED) is 0.149. The molecule has 81 heavy (non-hydrogen) atoms. The van der Waals surface area contributed by atoms with Crippen LogP contribution < -0.4 is 14.5 Å².